The van der Waals surface area contributed by atoms with Crippen LogP contribution in [-0.2, 0) is 10.0 Å². The third-order valence-corrected chi connectivity index (χ3v) is 5.31. The van der Waals surface area contributed by atoms with E-state index in [0.717, 1.165) is 0 Å². The molecular formula is C20H17ClN2O4S. The molecule has 0 fully saturated rings. The lowest BCUT2D eigenvalue weighted by molar-refractivity contribution is 0.102. The fourth-order valence-electron chi connectivity index (χ4n) is 2.55. The van der Waals surface area contributed by atoms with Crippen LogP contribution in [0.15, 0.2) is 71.6 Å². The monoisotopic (exact) mass is 416 g/mol. The van der Waals surface area contributed by atoms with Crippen LogP contribution in [0.3, 0.4) is 0 Å². The van der Waals surface area contributed by atoms with Gasteiger partial charge in [-0.05, 0) is 48.9 Å². The van der Waals surface area contributed by atoms with E-state index in [1.54, 1.807) is 55.5 Å². The SMILES string of the molecule is Cc1ccc(C(=O)Nc2ccccc2Oc2ccccc2Cl)cc1S(N)(=O)=O. The number of rotatable bonds is 5. The number of para-hydroxylation sites is 3. The van der Waals surface area contributed by atoms with Crippen molar-refractivity contribution in [1.82, 2.24) is 0 Å². The summed E-state index contributed by atoms with van der Waals surface area (Å²) in [6.45, 7) is 1.61. The molecule has 3 aromatic carbocycles. The average Bonchev–Trinajstić information content (AvgIpc) is 2.64. The number of sulfonamides is 1. The Kier molecular flexibility index (Phi) is 5.69. The van der Waals surface area contributed by atoms with Crippen molar-refractivity contribution in [1.29, 1.82) is 0 Å². The van der Waals surface area contributed by atoms with Gasteiger partial charge in [-0.15, -0.1) is 0 Å². The van der Waals surface area contributed by atoms with Gasteiger partial charge < -0.3 is 10.1 Å². The van der Waals surface area contributed by atoms with Crippen molar-refractivity contribution in [3.05, 3.63) is 82.9 Å². The number of primary sulfonamides is 1. The van der Waals surface area contributed by atoms with Crippen molar-refractivity contribution >= 4 is 33.2 Å². The topological polar surface area (TPSA) is 98.5 Å². The summed E-state index contributed by atoms with van der Waals surface area (Å²) in [5, 5.41) is 8.36. The number of carbonyl (C=O) groups excluding carboxylic acids is 1. The molecule has 3 rings (SSSR count). The van der Waals surface area contributed by atoms with E-state index in [2.05, 4.69) is 5.32 Å². The predicted octanol–water partition coefficient (Wildman–Crippen LogP) is 4.34. The first-order valence-electron chi connectivity index (χ1n) is 8.22. The maximum absolute atomic E-state index is 12.6. The highest BCUT2D eigenvalue weighted by molar-refractivity contribution is 7.89. The van der Waals surface area contributed by atoms with E-state index >= 15 is 0 Å². The standard InChI is InChI=1S/C20H17ClN2O4S/c1-13-10-11-14(12-19(13)28(22,25)26)20(24)23-16-7-3-5-9-18(16)27-17-8-4-2-6-15(17)21/h2-12H,1H3,(H,23,24)(H2,22,25,26). The van der Waals surface area contributed by atoms with Crippen LogP contribution in [0.5, 0.6) is 11.5 Å². The zero-order valence-electron chi connectivity index (χ0n) is 14.8. The van der Waals surface area contributed by atoms with Gasteiger partial charge in [0.15, 0.2) is 5.75 Å². The van der Waals surface area contributed by atoms with Crippen molar-refractivity contribution in [3.63, 3.8) is 0 Å². The highest BCUT2D eigenvalue weighted by Crippen LogP contribution is 2.33. The largest absolute Gasteiger partial charge is 0.454 e. The molecule has 0 aliphatic rings. The van der Waals surface area contributed by atoms with Gasteiger partial charge in [-0.1, -0.05) is 41.9 Å². The van der Waals surface area contributed by atoms with Gasteiger partial charge in [0.1, 0.15) is 5.75 Å². The quantitative estimate of drug-likeness (QED) is 0.646. The van der Waals surface area contributed by atoms with E-state index < -0.39 is 15.9 Å². The van der Waals surface area contributed by atoms with Gasteiger partial charge in [-0.2, -0.15) is 0 Å². The first-order chi connectivity index (χ1) is 13.3. The minimum atomic E-state index is -3.94. The second-order valence-corrected chi connectivity index (χ2v) is 7.95. The van der Waals surface area contributed by atoms with Crippen molar-refractivity contribution in [2.24, 2.45) is 5.14 Å². The summed E-state index contributed by atoms with van der Waals surface area (Å²) in [5.41, 5.74) is 1.02. The number of hydrogen-bond donors (Lipinski definition) is 2. The van der Waals surface area contributed by atoms with Gasteiger partial charge in [0, 0.05) is 5.56 Å². The molecule has 28 heavy (non-hydrogen) atoms. The third-order valence-electron chi connectivity index (χ3n) is 3.95. The number of halogens is 1. The zero-order valence-corrected chi connectivity index (χ0v) is 16.4. The predicted molar refractivity (Wildman–Crippen MR) is 108 cm³/mol. The van der Waals surface area contributed by atoms with E-state index in [4.69, 9.17) is 21.5 Å². The Morgan fingerprint density at radius 2 is 1.64 bits per heavy atom. The summed E-state index contributed by atoms with van der Waals surface area (Å²) in [6.07, 6.45) is 0. The molecule has 0 aromatic heterocycles. The zero-order chi connectivity index (χ0) is 20.3. The molecular weight excluding hydrogens is 400 g/mol. The molecule has 0 bridgehead atoms. The molecule has 0 radical (unpaired) electrons. The molecule has 0 saturated heterocycles. The van der Waals surface area contributed by atoms with Crippen LogP contribution < -0.4 is 15.2 Å². The minimum Gasteiger partial charge on any atom is -0.454 e. The Bertz CT molecular complexity index is 1150. The molecule has 0 aliphatic carbocycles. The maximum atomic E-state index is 12.6. The van der Waals surface area contributed by atoms with Crippen molar-refractivity contribution in [3.8, 4) is 11.5 Å². The molecule has 0 unspecified atom stereocenters. The van der Waals surface area contributed by atoms with Gasteiger partial charge in [-0.25, -0.2) is 13.6 Å². The molecule has 0 aliphatic heterocycles. The molecule has 0 spiro atoms. The first-order valence-corrected chi connectivity index (χ1v) is 10.1. The van der Waals surface area contributed by atoms with E-state index in [0.29, 0.717) is 27.8 Å². The van der Waals surface area contributed by atoms with E-state index in [1.807, 2.05) is 0 Å². The summed E-state index contributed by atoms with van der Waals surface area (Å²) in [5.74, 6) is 0.334. The van der Waals surface area contributed by atoms with Crippen LogP contribution in [0.2, 0.25) is 5.02 Å². The van der Waals surface area contributed by atoms with Crippen molar-refractivity contribution < 1.29 is 17.9 Å². The highest BCUT2D eigenvalue weighted by atomic mass is 35.5. The van der Waals surface area contributed by atoms with Gasteiger partial charge in [0.2, 0.25) is 10.0 Å². The summed E-state index contributed by atoms with van der Waals surface area (Å²) in [6, 6.07) is 18.1. The van der Waals surface area contributed by atoms with Gasteiger partial charge >= 0.3 is 0 Å². The number of amides is 1. The smallest absolute Gasteiger partial charge is 0.255 e. The summed E-state index contributed by atoms with van der Waals surface area (Å²) in [4.78, 5) is 12.6. The fourth-order valence-corrected chi connectivity index (χ4v) is 3.53. The number of hydrogen-bond acceptors (Lipinski definition) is 4. The lowest BCUT2D eigenvalue weighted by Gasteiger charge is -2.13. The number of ether oxygens (including phenoxy) is 1. The van der Waals surface area contributed by atoms with Gasteiger partial charge in [0.25, 0.3) is 5.91 Å². The Morgan fingerprint density at radius 1 is 1.00 bits per heavy atom. The van der Waals surface area contributed by atoms with Crippen LogP contribution in [-0.4, -0.2) is 14.3 Å². The number of nitrogens with two attached hydrogens (primary N) is 1. The van der Waals surface area contributed by atoms with Gasteiger partial charge in [0.05, 0.1) is 15.6 Å². The summed E-state index contributed by atoms with van der Waals surface area (Å²) >= 11 is 6.12. The fraction of sp³-hybridized carbons (Fsp3) is 0.0500. The second-order valence-electron chi connectivity index (χ2n) is 6.01. The molecule has 6 nitrogen and oxygen atoms in total. The van der Waals surface area contributed by atoms with Crippen LogP contribution >= 0.6 is 11.6 Å². The third kappa shape index (κ3) is 4.51. The summed E-state index contributed by atoms with van der Waals surface area (Å²) < 4.78 is 29.2. The Labute approximate surface area is 168 Å². The number of aryl methyl sites for hydroxylation is 1. The Morgan fingerprint density at radius 3 is 2.32 bits per heavy atom. The van der Waals surface area contributed by atoms with Crippen LogP contribution in [0.4, 0.5) is 5.69 Å². The van der Waals surface area contributed by atoms with E-state index in [-0.39, 0.29) is 10.5 Å². The molecule has 0 atom stereocenters. The second kappa shape index (κ2) is 8.02. The van der Waals surface area contributed by atoms with Crippen LogP contribution in [0, 0.1) is 6.92 Å². The number of carbonyl (C=O) groups is 1. The highest BCUT2D eigenvalue weighted by Gasteiger charge is 2.16. The number of benzene rings is 3. The minimum absolute atomic E-state index is 0.0965. The van der Waals surface area contributed by atoms with Crippen LogP contribution in [0.1, 0.15) is 15.9 Å². The Balaban J connectivity index is 1.89. The lowest BCUT2D eigenvalue weighted by atomic mass is 10.1. The van der Waals surface area contributed by atoms with Crippen molar-refractivity contribution in [2.45, 2.75) is 11.8 Å². The van der Waals surface area contributed by atoms with E-state index in [9.17, 15) is 13.2 Å². The molecule has 3 N–H and O–H groups in total. The van der Waals surface area contributed by atoms with E-state index in [1.165, 1.54) is 18.2 Å². The van der Waals surface area contributed by atoms with Gasteiger partial charge in [-0.3, -0.25) is 4.79 Å². The number of nitrogens with one attached hydrogen (secondary N) is 1. The summed E-state index contributed by atoms with van der Waals surface area (Å²) in [7, 11) is -3.94. The molecule has 0 saturated carbocycles. The van der Waals surface area contributed by atoms with Crippen LogP contribution in [0.25, 0.3) is 0 Å². The average molecular weight is 417 g/mol. The maximum Gasteiger partial charge on any atom is 0.255 e. The molecule has 0 heterocycles. The molecule has 1 amide bonds. The first kappa shape index (κ1) is 19.9. The molecule has 8 heteroatoms. The Hall–Kier alpha value is -2.87. The molecule has 144 valence electrons. The lowest BCUT2D eigenvalue weighted by Crippen LogP contribution is -2.17. The molecule has 3 aromatic rings. The normalized spacial score (nSPS) is 11.1. The van der Waals surface area contributed by atoms with Crippen molar-refractivity contribution in [2.75, 3.05) is 5.32 Å². The number of anilines is 1.